The van der Waals surface area contributed by atoms with Gasteiger partial charge in [-0.05, 0) is 94.5 Å². The fourth-order valence-corrected chi connectivity index (χ4v) is 6.61. The lowest BCUT2D eigenvalue weighted by atomic mass is 9.94. The number of benzene rings is 4. The number of aromatic nitrogens is 5. The molecular weight excluding hydrogens is 599 g/mol. The first-order valence-electron chi connectivity index (χ1n) is 16.3. The number of rotatable bonds is 6. The Balaban J connectivity index is 1.20. The quantitative estimate of drug-likeness (QED) is 0.184. The van der Waals surface area contributed by atoms with Crippen molar-refractivity contribution in [2.45, 2.75) is 0 Å². The van der Waals surface area contributed by atoms with Crippen molar-refractivity contribution < 1.29 is 0 Å². The molecule has 0 saturated heterocycles. The Morgan fingerprint density at radius 1 is 0.367 bits per heavy atom. The van der Waals surface area contributed by atoms with Crippen molar-refractivity contribution >= 4 is 21.8 Å². The summed E-state index contributed by atoms with van der Waals surface area (Å²) in [4.78, 5) is 19.3. The summed E-state index contributed by atoms with van der Waals surface area (Å²) in [7, 11) is 0. The molecule has 0 unspecified atom stereocenters. The maximum absolute atomic E-state index is 5.20. The third-order valence-electron chi connectivity index (χ3n) is 8.98. The van der Waals surface area contributed by atoms with Crippen molar-refractivity contribution in [2.24, 2.45) is 0 Å². The van der Waals surface area contributed by atoms with Gasteiger partial charge in [0.25, 0.3) is 0 Å². The second-order valence-electron chi connectivity index (χ2n) is 12.0. The van der Waals surface area contributed by atoms with Crippen LogP contribution in [0.5, 0.6) is 0 Å². The largest absolute Gasteiger partial charge is 0.294 e. The number of nitrogens with zero attached hydrogens (tertiary/aromatic N) is 5. The molecule has 0 saturated carbocycles. The van der Waals surface area contributed by atoms with E-state index in [-0.39, 0.29) is 0 Å². The molecule has 0 bridgehead atoms. The van der Waals surface area contributed by atoms with Gasteiger partial charge < -0.3 is 0 Å². The number of hydrogen-bond donors (Lipinski definition) is 0. The van der Waals surface area contributed by atoms with Crippen molar-refractivity contribution in [2.75, 3.05) is 0 Å². The summed E-state index contributed by atoms with van der Waals surface area (Å²) in [5.41, 5.74) is 12.3. The minimum absolute atomic E-state index is 0.804. The van der Waals surface area contributed by atoms with E-state index in [4.69, 9.17) is 9.97 Å². The van der Waals surface area contributed by atoms with Crippen LogP contribution >= 0.6 is 0 Å². The van der Waals surface area contributed by atoms with Crippen LogP contribution in [0, 0.1) is 0 Å². The highest BCUT2D eigenvalue weighted by Crippen LogP contribution is 2.36. The smallest absolute Gasteiger partial charge is 0.137 e. The maximum Gasteiger partial charge on any atom is 0.137 e. The van der Waals surface area contributed by atoms with Crippen molar-refractivity contribution in [3.63, 3.8) is 0 Å². The molecule has 5 heteroatoms. The normalized spacial score (nSPS) is 11.3. The molecule has 5 heterocycles. The van der Waals surface area contributed by atoms with E-state index in [1.165, 1.54) is 0 Å². The zero-order valence-corrected chi connectivity index (χ0v) is 26.5. The second kappa shape index (κ2) is 12.1. The molecule has 9 aromatic rings. The summed E-state index contributed by atoms with van der Waals surface area (Å²) in [6.07, 6.45) is 7.52. The molecule has 0 aliphatic rings. The summed E-state index contributed by atoms with van der Waals surface area (Å²) in [6, 6.07) is 52.6. The molecule has 0 N–H and O–H groups in total. The van der Waals surface area contributed by atoms with E-state index >= 15 is 0 Å². The first-order chi connectivity index (χ1) is 24.3. The number of pyridine rings is 4. The first-order valence-corrected chi connectivity index (χ1v) is 16.3. The van der Waals surface area contributed by atoms with E-state index in [1.807, 2.05) is 61.2 Å². The molecule has 0 aliphatic heterocycles. The van der Waals surface area contributed by atoms with Gasteiger partial charge in [-0.3, -0.25) is 14.5 Å². The Hall–Kier alpha value is -6.72. The van der Waals surface area contributed by atoms with Gasteiger partial charge in [-0.15, -0.1) is 0 Å². The summed E-state index contributed by atoms with van der Waals surface area (Å²) in [5.74, 6) is 0.850. The van der Waals surface area contributed by atoms with Crippen molar-refractivity contribution in [3.05, 3.63) is 176 Å². The fraction of sp³-hybridized carbons (Fsp3) is 0. The fourth-order valence-electron chi connectivity index (χ4n) is 6.61. The second-order valence-corrected chi connectivity index (χ2v) is 12.0. The van der Waals surface area contributed by atoms with Crippen molar-refractivity contribution in [1.29, 1.82) is 0 Å². The van der Waals surface area contributed by atoms with E-state index in [1.54, 1.807) is 0 Å². The Kier molecular flexibility index (Phi) is 7.06. The summed E-state index contributed by atoms with van der Waals surface area (Å²) >= 11 is 0. The third kappa shape index (κ3) is 5.33. The molecule has 0 amide bonds. The lowest BCUT2D eigenvalue weighted by molar-refractivity contribution is 1.08. The molecule has 49 heavy (non-hydrogen) atoms. The zero-order chi connectivity index (χ0) is 32.6. The van der Waals surface area contributed by atoms with Gasteiger partial charge in [-0.1, -0.05) is 84.9 Å². The van der Waals surface area contributed by atoms with Crippen LogP contribution in [0.25, 0.3) is 83.6 Å². The SMILES string of the molecule is c1ccc(-c2cc(-c3ccccc3)cc(-c3cc(-c4ccc(-n5c6ccccc6c6cnccc65)nc4)cc(-c4ccccn4)n3)c2)cc1. The van der Waals surface area contributed by atoms with Gasteiger partial charge in [0.05, 0.1) is 28.1 Å². The van der Waals surface area contributed by atoms with E-state index in [0.29, 0.717) is 0 Å². The molecule has 5 nitrogen and oxygen atoms in total. The van der Waals surface area contributed by atoms with Gasteiger partial charge in [-0.25, -0.2) is 9.97 Å². The molecule has 0 radical (unpaired) electrons. The monoisotopic (exact) mass is 627 g/mol. The molecule has 0 fully saturated rings. The highest BCUT2D eigenvalue weighted by Gasteiger charge is 2.15. The highest BCUT2D eigenvalue weighted by molar-refractivity contribution is 6.08. The highest BCUT2D eigenvalue weighted by atomic mass is 15.1. The molecule has 0 aliphatic carbocycles. The minimum Gasteiger partial charge on any atom is -0.294 e. The van der Waals surface area contributed by atoms with Crippen LogP contribution < -0.4 is 0 Å². The van der Waals surface area contributed by atoms with Crippen LogP contribution in [0.1, 0.15) is 0 Å². The molecule has 0 atom stereocenters. The van der Waals surface area contributed by atoms with Gasteiger partial charge in [0.15, 0.2) is 0 Å². The Morgan fingerprint density at radius 2 is 1.02 bits per heavy atom. The van der Waals surface area contributed by atoms with Gasteiger partial charge in [0.2, 0.25) is 0 Å². The minimum atomic E-state index is 0.804. The van der Waals surface area contributed by atoms with E-state index in [2.05, 4.69) is 130 Å². The van der Waals surface area contributed by atoms with Gasteiger partial charge >= 0.3 is 0 Å². The lowest BCUT2D eigenvalue weighted by Gasteiger charge is -2.14. The maximum atomic E-state index is 5.20. The predicted molar refractivity (Wildman–Crippen MR) is 199 cm³/mol. The summed E-state index contributed by atoms with van der Waals surface area (Å²) in [6.45, 7) is 0. The number of hydrogen-bond acceptors (Lipinski definition) is 4. The molecule has 0 spiro atoms. The van der Waals surface area contributed by atoms with E-state index < -0.39 is 0 Å². The third-order valence-corrected chi connectivity index (χ3v) is 8.98. The van der Waals surface area contributed by atoms with Crippen LogP contribution in [0.2, 0.25) is 0 Å². The van der Waals surface area contributed by atoms with Crippen LogP contribution in [-0.4, -0.2) is 24.5 Å². The van der Waals surface area contributed by atoms with Crippen LogP contribution in [-0.2, 0) is 0 Å². The number of para-hydroxylation sites is 1. The zero-order valence-electron chi connectivity index (χ0n) is 26.5. The predicted octanol–water partition coefficient (Wildman–Crippen LogP) is 10.7. The van der Waals surface area contributed by atoms with Gasteiger partial charge in [0, 0.05) is 46.7 Å². The summed E-state index contributed by atoms with van der Waals surface area (Å²) < 4.78 is 2.20. The van der Waals surface area contributed by atoms with Crippen molar-refractivity contribution in [3.8, 4) is 61.8 Å². The average molecular weight is 628 g/mol. The molecular formula is C44H29N5. The topological polar surface area (TPSA) is 56.5 Å². The van der Waals surface area contributed by atoms with E-state index in [9.17, 15) is 0 Å². The molecule has 5 aromatic heterocycles. The van der Waals surface area contributed by atoms with Crippen molar-refractivity contribution in [1.82, 2.24) is 24.5 Å². The van der Waals surface area contributed by atoms with Crippen LogP contribution in [0.15, 0.2) is 176 Å². The van der Waals surface area contributed by atoms with Crippen LogP contribution in [0.4, 0.5) is 0 Å². The summed E-state index contributed by atoms with van der Waals surface area (Å²) in [5, 5.41) is 2.26. The Morgan fingerprint density at radius 3 is 1.73 bits per heavy atom. The first kappa shape index (κ1) is 28.5. The van der Waals surface area contributed by atoms with Gasteiger partial charge in [-0.2, -0.15) is 0 Å². The van der Waals surface area contributed by atoms with Crippen LogP contribution in [0.3, 0.4) is 0 Å². The van der Waals surface area contributed by atoms with E-state index in [0.717, 1.165) is 83.6 Å². The molecule has 230 valence electrons. The van der Waals surface area contributed by atoms with Gasteiger partial charge in [0.1, 0.15) is 5.82 Å². The Bertz CT molecular complexity index is 2470. The standard InChI is InChI=1S/C44H29N5/c1-3-11-30(12-4-1)33-23-34(31-13-5-2-6-14-31)25-36(24-33)40-26-35(27-41(48-40)39-16-9-10-21-46-39)32-18-19-44(47-28-32)49-42-17-8-7-15-37(42)38-29-45-22-20-43(38)49/h1-29H. The number of fused-ring (bicyclic) bond motifs is 3. The Labute approximate surface area is 283 Å². The average Bonchev–Trinajstić information content (AvgIpc) is 3.53. The molecule has 9 rings (SSSR count). The lowest BCUT2D eigenvalue weighted by Crippen LogP contribution is -1.98. The molecule has 4 aromatic carbocycles.